The lowest BCUT2D eigenvalue weighted by atomic mass is 10.3. The van der Waals surface area contributed by atoms with Crippen LogP contribution in [0.5, 0.6) is 0 Å². The number of hydrogen-bond acceptors (Lipinski definition) is 3. The first-order valence-corrected chi connectivity index (χ1v) is 6.88. The maximum absolute atomic E-state index is 11.9. The zero-order valence-corrected chi connectivity index (χ0v) is 10.4. The highest BCUT2D eigenvalue weighted by Gasteiger charge is 2.19. The number of benzene rings is 1. The van der Waals surface area contributed by atoms with E-state index in [9.17, 15) is 8.42 Å². The topological polar surface area (TPSA) is 58.2 Å². The molecule has 5 heteroatoms. The summed E-state index contributed by atoms with van der Waals surface area (Å²) in [5.41, 5.74) is 0.603. The third-order valence-electron chi connectivity index (χ3n) is 2.25. The van der Waals surface area contributed by atoms with E-state index in [1.807, 2.05) is 13.0 Å². The van der Waals surface area contributed by atoms with E-state index in [4.69, 9.17) is 0 Å². The van der Waals surface area contributed by atoms with Gasteiger partial charge < -0.3 is 5.32 Å². The summed E-state index contributed by atoms with van der Waals surface area (Å²) in [6.07, 6.45) is 0. The minimum atomic E-state index is -3.30. The van der Waals surface area contributed by atoms with Crippen LogP contribution < -0.4 is 10.0 Å². The Morgan fingerprint density at radius 1 is 1.25 bits per heavy atom. The Morgan fingerprint density at radius 2 is 1.88 bits per heavy atom. The minimum Gasteiger partial charge on any atom is -0.316 e. The second-order valence-corrected chi connectivity index (χ2v) is 5.73. The number of hydrogen-bond donors (Lipinski definition) is 2. The predicted molar refractivity (Wildman–Crippen MR) is 67.0 cm³/mol. The Morgan fingerprint density at radius 3 is 2.44 bits per heavy atom. The van der Waals surface area contributed by atoms with Crippen LogP contribution in [0.3, 0.4) is 0 Å². The van der Waals surface area contributed by atoms with Gasteiger partial charge in [-0.25, -0.2) is 8.42 Å². The van der Waals surface area contributed by atoms with Crippen LogP contribution in [0.1, 0.15) is 13.8 Å². The maximum Gasteiger partial charge on any atom is 0.236 e. The van der Waals surface area contributed by atoms with Crippen molar-refractivity contribution in [2.24, 2.45) is 0 Å². The molecule has 0 bridgehead atoms. The minimum absolute atomic E-state index is 0.451. The maximum atomic E-state index is 11.9. The quantitative estimate of drug-likeness (QED) is 0.793. The van der Waals surface area contributed by atoms with Gasteiger partial charge in [0.25, 0.3) is 0 Å². The Kier molecular flexibility index (Phi) is 4.76. The third kappa shape index (κ3) is 3.83. The number of nitrogens with one attached hydrogen (secondary N) is 2. The zero-order chi connectivity index (χ0) is 12.0. The molecule has 0 saturated heterocycles. The summed E-state index contributed by atoms with van der Waals surface area (Å²) in [5.74, 6) is 0. The first kappa shape index (κ1) is 13.0. The fraction of sp³-hybridized carbons (Fsp3) is 0.455. The first-order chi connectivity index (χ1) is 7.56. The monoisotopic (exact) mass is 242 g/mol. The van der Waals surface area contributed by atoms with E-state index in [1.165, 1.54) is 0 Å². The summed E-state index contributed by atoms with van der Waals surface area (Å²) in [4.78, 5) is 0. The van der Waals surface area contributed by atoms with E-state index in [-0.39, 0.29) is 0 Å². The molecule has 2 N–H and O–H groups in total. The Labute approximate surface area is 97.1 Å². The summed E-state index contributed by atoms with van der Waals surface area (Å²) in [6, 6.07) is 8.91. The summed E-state index contributed by atoms with van der Waals surface area (Å²) < 4.78 is 26.3. The fourth-order valence-corrected chi connectivity index (χ4v) is 2.23. The molecule has 0 aromatic heterocycles. The normalized spacial score (nSPS) is 13.4. The molecule has 4 nitrogen and oxygen atoms in total. The van der Waals surface area contributed by atoms with Crippen molar-refractivity contribution in [1.82, 2.24) is 5.32 Å². The molecule has 1 atom stereocenters. The number of sulfonamides is 1. The molecule has 0 aliphatic heterocycles. The van der Waals surface area contributed by atoms with Gasteiger partial charge in [-0.1, -0.05) is 25.1 Å². The van der Waals surface area contributed by atoms with Crippen LogP contribution in [-0.4, -0.2) is 26.8 Å². The van der Waals surface area contributed by atoms with E-state index in [2.05, 4.69) is 10.0 Å². The second-order valence-electron chi connectivity index (χ2n) is 3.63. The Bertz CT molecular complexity index is 403. The lowest BCUT2D eigenvalue weighted by Crippen LogP contribution is -2.34. The Balaban J connectivity index is 2.65. The summed E-state index contributed by atoms with van der Waals surface area (Å²) in [6.45, 7) is 4.86. The Hall–Kier alpha value is -1.07. The fourth-order valence-electron chi connectivity index (χ4n) is 1.23. The van der Waals surface area contributed by atoms with Crippen molar-refractivity contribution < 1.29 is 8.42 Å². The molecule has 0 spiro atoms. The molecular formula is C11H18N2O2S. The summed E-state index contributed by atoms with van der Waals surface area (Å²) in [7, 11) is -3.30. The van der Waals surface area contributed by atoms with Crippen molar-refractivity contribution in [2.45, 2.75) is 19.1 Å². The van der Waals surface area contributed by atoms with Crippen molar-refractivity contribution in [2.75, 3.05) is 17.8 Å². The highest BCUT2D eigenvalue weighted by Crippen LogP contribution is 2.10. The molecule has 1 aromatic carbocycles. The zero-order valence-electron chi connectivity index (χ0n) is 9.60. The molecule has 1 aromatic rings. The largest absolute Gasteiger partial charge is 0.316 e. The molecule has 0 amide bonds. The van der Waals surface area contributed by atoms with Crippen molar-refractivity contribution in [3.63, 3.8) is 0 Å². The molecule has 16 heavy (non-hydrogen) atoms. The van der Waals surface area contributed by atoms with Crippen LogP contribution in [0, 0.1) is 0 Å². The van der Waals surface area contributed by atoms with Gasteiger partial charge in [0.1, 0.15) is 0 Å². The SMILES string of the molecule is CCNCC(C)S(=O)(=O)Nc1ccccc1. The van der Waals surface area contributed by atoms with Gasteiger partial charge in [0.05, 0.1) is 5.25 Å². The van der Waals surface area contributed by atoms with Gasteiger partial charge in [-0.05, 0) is 25.6 Å². The van der Waals surface area contributed by atoms with E-state index in [0.29, 0.717) is 12.2 Å². The molecule has 1 rings (SSSR count). The van der Waals surface area contributed by atoms with Crippen LogP contribution in [0.4, 0.5) is 5.69 Å². The molecule has 0 aliphatic rings. The van der Waals surface area contributed by atoms with Gasteiger partial charge in [-0.15, -0.1) is 0 Å². The van der Waals surface area contributed by atoms with Crippen LogP contribution in [0.2, 0.25) is 0 Å². The molecular weight excluding hydrogens is 224 g/mol. The lowest BCUT2D eigenvalue weighted by Gasteiger charge is -2.14. The van der Waals surface area contributed by atoms with Gasteiger partial charge >= 0.3 is 0 Å². The van der Waals surface area contributed by atoms with Crippen molar-refractivity contribution in [3.8, 4) is 0 Å². The number of rotatable bonds is 6. The molecule has 90 valence electrons. The molecule has 1 unspecified atom stereocenters. The molecule has 0 radical (unpaired) electrons. The highest BCUT2D eigenvalue weighted by atomic mass is 32.2. The van der Waals surface area contributed by atoms with E-state index >= 15 is 0 Å². The highest BCUT2D eigenvalue weighted by molar-refractivity contribution is 7.93. The van der Waals surface area contributed by atoms with Crippen LogP contribution in [0.25, 0.3) is 0 Å². The number of para-hydroxylation sites is 1. The van der Waals surface area contributed by atoms with Gasteiger partial charge in [-0.3, -0.25) is 4.72 Å². The first-order valence-electron chi connectivity index (χ1n) is 5.33. The van der Waals surface area contributed by atoms with Gasteiger partial charge in [-0.2, -0.15) is 0 Å². The van der Waals surface area contributed by atoms with Gasteiger partial charge in [0.15, 0.2) is 0 Å². The lowest BCUT2D eigenvalue weighted by molar-refractivity contribution is 0.579. The van der Waals surface area contributed by atoms with Crippen LogP contribution >= 0.6 is 0 Å². The molecule has 0 heterocycles. The summed E-state index contributed by atoms with van der Waals surface area (Å²) in [5, 5.41) is 2.57. The van der Waals surface area contributed by atoms with E-state index in [0.717, 1.165) is 6.54 Å². The average molecular weight is 242 g/mol. The number of anilines is 1. The van der Waals surface area contributed by atoms with E-state index in [1.54, 1.807) is 31.2 Å². The standard InChI is InChI=1S/C11H18N2O2S/c1-3-12-9-10(2)16(14,15)13-11-7-5-4-6-8-11/h4-8,10,12-13H,3,9H2,1-2H3. The second kappa shape index (κ2) is 5.86. The average Bonchev–Trinajstić information content (AvgIpc) is 2.26. The van der Waals surface area contributed by atoms with Gasteiger partial charge in [0, 0.05) is 12.2 Å². The van der Waals surface area contributed by atoms with Crippen molar-refractivity contribution in [3.05, 3.63) is 30.3 Å². The van der Waals surface area contributed by atoms with Gasteiger partial charge in [0.2, 0.25) is 10.0 Å². The molecule has 0 fully saturated rings. The smallest absolute Gasteiger partial charge is 0.236 e. The van der Waals surface area contributed by atoms with Crippen molar-refractivity contribution >= 4 is 15.7 Å². The predicted octanol–water partition coefficient (Wildman–Crippen LogP) is 1.43. The molecule has 0 saturated carbocycles. The van der Waals surface area contributed by atoms with Crippen LogP contribution in [-0.2, 0) is 10.0 Å². The van der Waals surface area contributed by atoms with Crippen LogP contribution in [0.15, 0.2) is 30.3 Å². The van der Waals surface area contributed by atoms with E-state index < -0.39 is 15.3 Å². The third-order valence-corrected chi connectivity index (χ3v) is 3.99. The molecule has 0 aliphatic carbocycles. The summed E-state index contributed by atoms with van der Waals surface area (Å²) >= 11 is 0. The van der Waals surface area contributed by atoms with Crippen molar-refractivity contribution in [1.29, 1.82) is 0 Å².